The summed E-state index contributed by atoms with van der Waals surface area (Å²) in [7, 11) is 0. The number of aromatic nitrogens is 3. The summed E-state index contributed by atoms with van der Waals surface area (Å²) in [5.74, 6) is -1.21. The van der Waals surface area contributed by atoms with Gasteiger partial charge in [-0.3, -0.25) is 9.48 Å². The molecule has 3 aromatic rings. The van der Waals surface area contributed by atoms with Crippen molar-refractivity contribution in [1.29, 1.82) is 0 Å². The standard InChI is InChI=1S/C13H11N3O3/c1-2-15-7-9(13(18)19)11(17)10-6-8-4-3-5-14-12(8)16(10)15/h3-7H,2H2,1H3,(H,18,19). The fraction of sp³-hybridized carbons (Fsp3) is 0.154. The first-order valence-electron chi connectivity index (χ1n) is 5.86. The third-order valence-electron chi connectivity index (χ3n) is 3.10. The number of aromatic carboxylic acids is 1. The van der Waals surface area contributed by atoms with E-state index in [-0.39, 0.29) is 5.56 Å². The highest BCUT2D eigenvalue weighted by molar-refractivity contribution is 5.91. The second kappa shape index (κ2) is 3.94. The second-order valence-corrected chi connectivity index (χ2v) is 4.19. The number of hydrogen-bond donors (Lipinski definition) is 1. The fourth-order valence-electron chi connectivity index (χ4n) is 2.23. The minimum Gasteiger partial charge on any atom is -0.477 e. The molecule has 0 saturated carbocycles. The van der Waals surface area contributed by atoms with Crippen molar-refractivity contribution >= 4 is 22.5 Å². The summed E-state index contributed by atoms with van der Waals surface area (Å²) in [5.41, 5.74) is 0.260. The van der Waals surface area contributed by atoms with Gasteiger partial charge < -0.3 is 5.11 Å². The lowest BCUT2D eigenvalue weighted by Crippen LogP contribution is -2.22. The first-order chi connectivity index (χ1) is 9.13. The number of carboxylic acid groups (broad SMARTS) is 1. The van der Waals surface area contributed by atoms with E-state index in [4.69, 9.17) is 5.11 Å². The molecule has 0 bridgehead atoms. The molecule has 96 valence electrons. The molecule has 0 amide bonds. The highest BCUT2D eigenvalue weighted by atomic mass is 16.4. The van der Waals surface area contributed by atoms with E-state index in [9.17, 15) is 9.59 Å². The lowest BCUT2D eigenvalue weighted by atomic mass is 10.2. The van der Waals surface area contributed by atoms with Crippen molar-refractivity contribution in [3.8, 4) is 0 Å². The maximum absolute atomic E-state index is 12.2. The van der Waals surface area contributed by atoms with Crippen LogP contribution in [0.2, 0.25) is 0 Å². The summed E-state index contributed by atoms with van der Waals surface area (Å²) in [6.07, 6.45) is 3.00. The van der Waals surface area contributed by atoms with Crippen LogP contribution < -0.4 is 5.43 Å². The zero-order chi connectivity index (χ0) is 13.6. The Balaban J connectivity index is 2.59. The summed E-state index contributed by atoms with van der Waals surface area (Å²) >= 11 is 0. The van der Waals surface area contributed by atoms with Gasteiger partial charge in [-0.25, -0.2) is 14.3 Å². The van der Waals surface area contributed by atoms with Crippen molar-refractivity contribution in [2.45, 2.75) is 13.5 Å². The van der Waals surface area contributed by atoms with Crippen molar-refractivity contribution < 1.29 is 9.90 Å². The molecule has 3 rings (SSSR count). The third kappa shape index (κ3) is 1.53. The SMILES string of the molecule is CCn1cc(C(=O)O)c(=O)c2cc3cccnc3n21. The molecule has 0 saturated heterocycles. The summed E-state index contributed by atoms with van der Waals surface area (Å²) in [5, 5.41) is 9.89. The number of hydrogen-bond acceptors (Lipinski definition) is 3. The second-order valence-electron chi connectivity index (χ2n) is 4.19. The predicted molar refractivity (Wildman–Crippen MR) is 69.6 cm³/mol. The number of aryl methyl sites for hydroxylation is 1. The number of carboxylic acids is 1. The van der Waals surface area contributed by atoms with Crippen LogP contribution in [0.25, 0.3) is 16.6 Å². The van der Waals surface area contributed by atoms with E-state index < -0.39 is 11.4 Å². The molecule has 0 aromatic carbocycles. The van der Waals surface area contributed by atoms with Crippen LogP contribution in [0.15, 0.2) is 35.4 Å². The molecule has 0 fully saturated rings. The van der Waals surface area contributed by atoms with Gasteiger partial charge in [-0.05, 0) is 25.1 Å². The summed E-state index contributed by atoms with van der Waals surface area (Å²) in [4.78, 5) is 27.5. The first-order valence-corrected chi connectivity index (χ1v) is 5.86. The van der Waals surface area contributed by atoms with E-state index in [0.29, 0.717) is 17.7 Å². The Hall–Kier alpha value is -2.63. The van der Waals surface area contributed by atoms with Crippen LogP contribution in [-0.2, 0) is 6.54 Å². The molecule has 0 radical (unpaired) electrons. The monoisotopic (exact) mass is 257 g/mol. The van der Waals surface area contributed by atoms with Crippen molar-refractivity contribution in [3.05, 3.63) is 46.4 Å². The summed E-state index contributed by atoms with van der Waals surface area (Å²) in [6.45, 7) is 2.42. The smallest absolute Gasteiger partial charge is 0.341 e. The lowest BCUT2D eigenvalue weighted by Gasteiger charge is -2.09. The zero-order valence-corrected chi connectivity index (χ0v) is 10.2. The Kier molecular flexibility index (Phi) is 2.38. The minimum absolute atomic E-state index is 0.225. The van der Waals surface area contributed by atoms with Crippen LogP contribution in [-0.4, -0.2) is 25.3 Å². The number of pyridine rings is 1. The Morgan fingerprint density at radius 1 is 1.47 bits per heavy atom. The Morgan fingerprint density at radius 3 is 2.95 bits per heavy atom. The molecule has 0 spiro atoms. The van der Waals surface area contributed by atoms with Gasteiger partial charge in [0, 0.05) is 24.3 Å². The molecule has 0 atom stereocenters. The van der Waals surface area contributed by atoms with Crippen molar-refractivity contribution in [3.63, 3.8) is 0 Å². The van der Waals surface area contributed by atoms with Gasteiger partial charge in [0.25, 0.3) is 0 Å². The van der Waals surface area contributed by atoms with Gasteiger partial charge in [-0.2, -0.15) is 0 Å². The topological polar surface area (TPSA) is 76.6 Å². The molecular formula is C13H11N3O3. The van der Waals surface area contributed by atoms with E-state index in [1.165, 1.54) is 6.20 Å². The van der Waals surface area contributed by atoms with E-state index in [1.54, 1.807) is 27.5 Å². The quantitative estimate of drug-likeness (QED) is 0.752. The Labute approximate surface area is 107 Å². The Morgan fingerprint density at radius 2 is 2.26 bits per heavy atom. The maximum Gasteiger partial charge on any atom is 0.341 e. The molecular weight excluding hydrogens is 246 g/mol. The van der Waals surface area contributed by atoms with Gasteiger partial charge in [0.15, 0.2) is 5.65 Å². The lowest BCUT2D eigenvalue weighted by molar-refractivity contribution is 0.0694. The van der Waals surface area contributed by atoms with Gasteiger partial charge >= 0.3 is 5.97 Å². The number of carbonyl (C=O) groups is 1. The van der Waals surface area contributed by atoms with Crippen LogP contribution in [0.5, 0.6) is 0 Å². The highest BCUT2D eigenvalue weighted by Gasteiger charge is 2.16. The molecule has 0 aliphatic heterocycles. The van der Waals surface area contributed by atoms with Crippen LogP contribution in [0.4, 0.5) is 0 Å². The molecule has 1 N–H and O–H groups in total. The van der Waals surface area contributed by atoms with Crippen LogP contribution in [0, 0.1) is 0 Å². The Bertz CT molecular complexity index is 861. The van der Waals surface area contributed by atoms with E-state index >= 15 is 0 Å². The molecule has 6 heteroatoms. The highest BCUT2D eigenvalue weighted by Crippen LogP contribution is 2.16. The third-order valence-corrected chi connectivity index (χ3v) is 3.10. The van der Waals surface area contributed by atoms with Crippen molar-refractivity contribution in [2.24, 2.45) is 0 Å². The molecule has 3 aromatic heterocycles. The molecule has 0 unspecified atom stereocenters. The minimum atomic E-state index is -1.21. The number of fused-ring (bicyclic) bond motifs is 3. The number of rotatable bonds is 2. The predicted octanol–water partition coefficient (Wildman–Crippen LogP) is 1.37. The van der Waals surface area contributed by atoms with E-state index in [2.05, 4.69) is 4.98 Å². The molecule has 0 aliphatic carbocycles. The summed E-state index contributed by atoms with van der Waals surface area (Å²) < 4.78 is 3.33. The van der Waals surface area contributed by atoms with Gasteiger partial charge in [0.1, 0.15) is 11.1 Å². The van der Waals surface area contributed by atoms with Crippen molar-refractivity contribution in [1.82, 2.24) is 14.2 Å². The average molecular weight is 257 g/mol. The average Bonchev–Trinajstić information content (AvgIpc) is 2.79. The maximum atomic E-state index is 12.2. The number of nitrogens with zero attached hydrogens (tertiary/aromatic N) is 3. The van der Waals surface area contributed by atoms with Crippen LogP contribution in [0.3, 0.4) is 0 Å². The van der Waals surface area contributed by atoms with Crippen molar-refractivity contribution in [2.75, 3.05) is 0 Å². The normalized spacial score (nSPS) is 11.2. The largest absolute Gasteiger partial charge is 0.477 e. The van der Waals surface area contributed by atoms with Crippen LogP contribution in [0.1, 0.15) is 17.3 Å². The molecule has 0 aliphatic rings. The summed E-state index contributed by atoms with van der Waals surface area (Å²) in [6, 6.07) is 5.29. The molecule has 6 nitrogen and oxygen atoms in total. The van der Waals surface area contributed by atoms with Crippen LogP contribution >= 0.6 is 0 Å². The van der Waals surface area contributed by atoms with Gasteiger partial charge in [-0.1, -0.05) is 0 Å². The van der Waals surface area contributed by atoms with Gasteiger partial charge in [0.2, 0.25) is 5.43 Å². The molecule has 3 heterocycles. The molecule has 19 heavy (non-hydrogen) atoms. The zero-order valence-electron chi connectivity index (χ0n) is 10.2. The van der Waals surface area contributed by atoms with Gasteiger partial charge in [-0.15, -0.1) is 0 Å². The fourth-order valence-corrected chi connectivity index (χ4v) is 2.23. The van der Waals surface area contributed by atoms with E-state index in [0.717, 1.165) is 5.39 Å². The first kappa shape index (κ1) is 11.5. The van der Waals surface area contributed by atoms with Gasteiger partial charge in [0.05, 0.1) is 0 Å². The van der Waals surface area contributed by atoms with E-state index in [1.807, 2.05) is 13.0 Å².